The summed E-state index contributed by atoms with van der Waals surface area (Å²) >= 11 is 3.40. The first-order valence-corrected chi connectivity index (χ1v) is 6.53. The van der Waals surface area contributed by atoms with Crippen molar-refractivity contribution >= 4 is 22.7 Å². The van der Waals surface area contributed by atoms with Gasteiger partial charge in [0.2, 0.25) is 0 Å². The second-order valence-corrected chi connectivity index (χ2v) is 5.14. The maximum atomic E-state index is 5.78. The second-order valence-electron chi connectivity index (χ2n) is 3.13. The summed E-state index contributed by atoms with van der Waals surface area (Å²) in [7, 11) is 0. The molecule has 2 heterocycles. The van der Waals surface area contributed by atoms with E-state index in [9.17, 15) is 0 Å². The monoisotopic (exact) mass is 239 g/mol. The lowest BCUT2D eigenvalue weighted by atomic mass is 10.3. The third-order valence-electron chi connectivity index (χ3n) is 2.08. The first kappa shape index (κ1) is 10.8. The first-order chi connectivity index (χ1) is 7.40. The minimum atomic E-state index is 0.0344. The van der Waals surface area contributed by atoms with Crippen molar-refractivity contribution in [1.82, 2.24) is 0 Å². The molecular weight excluding hydrogens is 226 g/mol. The highest BCUT2D eigenvalue weighted by Crippen LogP contribution is 2.23. The first-order valence-electron chi connectivity index (χ1n) is 4.77. The Bertz CT molecular complexity index is 369. The van der Waals surface area contributed by atoms with Crippen LogP contribution in [0.5, 0.6) is 0 Å². The molecule has 1 atom stereocenters. The largest absolute Gasteiger partial charge is 0.366 e. The summed E-state index contributed by atoms with van der Waals surface area (Å²) in [5.74, 6) is 0. The lowest BCUT2D eigenvalue weighted by molar-refractivity contribution is 0.0496. The Kier molecular flexibility index (Phi) is 3.91. The van der Waals surface area contributed by atoms with Gasteiger partial charge in [-0.15, -0.1) is 22.7 Å². The van der Waals surface area contributed by atoms with E-state index in [0.717, 1.165) is 0 Å². The molecule has 0 fully saturated rings. The molecule has 4 heteroatoms. The van der Waals surface area contributed by atoms with Crippen molar-refractivity contribution in [3.8, 4) is 0 Å². The van der Waals surface area contributed by atoms with Crippen molar-refractivity contribution in [3.05, 3.63) is 44.8 Å². The Morgan fingerprint density at radius 2 is 2.00 bits per heavy atom. The van der Waals surface area contributed by atoms with E-state index in [4.69, 9.17) is 10.5 Å². The van der Waals surface area contributed by atoms with Crippen molar-refractivity contribution in [3.63, 3.8) is 0 Å². The molecule has 0 saturated carbocycles. The fourth-order valence-corrected chi connectivity index (χ4v) is 2.73. The predicted octanol–water partition coefficient (Wildman–Crippen LogP) is 3.03. The van der Waals surface area contributed by atoms with Crippen LogP contribution in [0.25, 0.3) is 0 Å². The van der Waals surface area contributed by atoms with E-state index >= 15 is 0 Å². The smallest absolute Gasteiger partial charge is 0.104 e. The highest BCUT2D eigenvalue weighted by Gasteiger charge is 2.11. The number of ether oxygens (including phenoxy) is 1. The van der Waals surface area contributed by atoms with Gasteiger partial charge in [-0.2, -0.15) is 0 Å². The Balaban J connectivity index is 1.92. The zero-order valence-electron chi connectivity index (χ0n) is 8.26. The van der Waals surface area contributed by atoms with Gasteiger partial charge in [-0.05, 0) is 22.9 Å². The standard InChI is InChI=1S/C11H13NOS2/c12-7-10(11-4-2-6-15-11)13-8-9-3-1-5-14-9/h1-6,10H,7-8,12H2. The molecule has 1 unspecified atom stereocenters. The lowest BCUT2D eigenvalue weighted by Crippen LogP contribution is -2.14. The zero-order chi connectivity index (χ0) is 10.5. The van der Waals surface area contributed by atoms with E-state index in [0.29, 0.717) is 13.2 Å². The van der Waals surface area contributed by atoms with Gasteiger partial charge in [0.15, 0.2) is 0 Å². The lowest BCUT2D eigenvalue weighted by Gasteiger charge is -2.13. The van der Waals surface area contributed by atoms with Crippen molar-refractivity contribution in [2.24, 2.45) is 5.73 Å². The molecule has 2 aromatic rings. The summed E-state index contributed by atoms with van der Waals surface area (Å²) in [5.41, 5.74) is 5.69. The maximum absolute atomic E-state index is 5.78. The van der Waals surface area contributed by atoms with Crippen LogP contribution in [-0.4, -0.2) is 6.54 Å². The summed E-state index contributed by atoms with van der Waals surface area (Å²) < 4.78 is 5.78. The van der Waals surface area contributed by atoms with E-state index in [1.54, 1.807) is 22.7 Å². The van der Waals surface area contributed by atoms with Crippen LogP contribution >= 0.6 is 22.7 Å². The van der Waals surface area contributed by atoms with Crippen molar-refractivity contribution in [2.75, 3.05) is 6.54 Å². The van der Waals surface area contributed by atoms with Gasteiger partial charge in [0, 0.05) is 16.3 Å². The van der Waals surface area contributed by atoms with Gasteiger partial charge in [-0.3, -0.25) is 0 Å². The van der Waals surface area contributed by atoms with Crippen LogP contribution in [0.3, 0.4) is 0 Å². The SMILES string of the molecule is NCC(OCc1cccs1)c1cccs1. The van der Waals surface area contributed by atoms with E-state index in [1.165, 1.54) is 9.75 Å². The Hall–Kier alpha value is -0.680. The summed E-state index contributed by atoms with van der Waals surface area (Å²) in [5, 5.41) is 4.10. The average Bonchev–Trinajstić information content (AvgIpc) is 2.90. The van der Waals surface area contributed by atoms with Gasteiger partial charge in [-0.1, -0.05) is 12.1 Å². The van der Waals surface area contributed by atoms with E-state index in [-0.39, 0.29) is 6.10 Å². The highest BCUT2D eigenvalue weighted by molar-refractivity contribution is 7.10. The molecular formula is C11H13NOS2. The van der Waals surface area contributed by atoms with Gasteiger partial charge in [0.1, 0.15) is 6.10 Å². The maximum Gasteiger partial charge on any atom is 0.104 e. The Labute approximate surface area is 97.3 Å². The molecule has 0 radical (unpaired) electrons. The number of nitrogens with two attached hydrogens (primary N) is 1. The van der Waals surface area contributed by atoms with Crippen molar-refractivity contribution in [1.29, 1.82) is 0 Å². The van der Waals surface area contributed by atoms with Crippen LogP contribution in [0, 0.1) is 0 Å². The molecule has 0 spiro atoms. The molecule has 2 aromatic heterocycles. The Morgan fingerprint density at radius 1 is 1.20 bits per heavy atom. The van der Waals surface area contributed by atoms with E-state index in [1.807, 2.05) is 17.5 Å². The average molecular weight is 239 g/mol. The predicted molar refractivity (Wildman–Crippen MR) is 65.2 cm³/mol. The molecule has 2 nitrogen and oxygen atoms in total. The molecule has 0 aliphatic carbocycles. The van der Waals surface area contributed by atoms with Gasteiger partial charge in [0.05, 0.1) is 6.61 Å². The summed E-state index contributed by atoms with van der Waals surface area (Å²) in [4.78, 5) is 2.44. The zero-order valence-corrected chi connectivity index (χ0v) is 9.89. The molecule has 15 heavy (non-hydrogen) atoms. The highest BCUT2D eigenvalue weighted by atomic mass is 32.1. The minimum absolute atomic E-state index is 0.0344. The van der Waals surface area contributed by atoms with Crippen LogP contribution in [0.4, 0.5) is 0 Å². The molecule has 0 aliphatic heterocycles. The van der Waals surface area contributed by atoms with Crippen molar-refractivity contribution < 1.29 is 4.74 Å². The van der Waals surface area contributed by atoms with Crippen LogP contribution in [0.1, 0.15) is 15.9 Å². The van der Waals surface area contributed by atoms with Crippen LogP contribution in [-0.2, 0) is 11.3 Å². The summed E-state index contributed by atoms with van der Waals surface area (Å²) in [6.45, 7) is 1.18. The molecule has 80 valence electrons. The van der Waals surface area contributed by atoms with Crippen molar-refractivity contribution in [2.45, 2.75) is 12.7 Å². The van der Waals surface area contributed by atoms with Gasteiger partial charge in [0.25, 0.3) is 0 Å². The molecule has 2 rings (SSSR count). The molecule has 2 N–H and O–H groups in total. The quantitative estimate of drug-likeness (QED) is 0.870. The second kappa shape index (κ2) is 5.42. The van der Waals surface area contributed by atoms with Crippen LogP contribution in [0.15, 0.2) is 35.0 Å². The van der Waals surface area contributed by atoms with Crippen LogP contribution in [0.2, 0.25) is 0 Å². The van der Waals surface area contributed by atoms with Crippen LogP contribution < -0.4 is 5.73 Å². The van der Waals surface area contributed by atoms with Gasteiger partial charge < -0.3 is 10.5 Å². The Morgan fingerprint density at radius 3 is 2.60 bits per heavy atom. The number of thiophene rings is 2. The summed E-state index contributed by atoms with van der Waals surface area (Å²) in [6.07, 6.45) is 0.0344. The number of hydrogen-bond donors (Lipinski definition) is 1. The summed E-state index contributed by atoms with van der Waals surface area (Å²) in [6, 6.07) is 8.20. The fourth-order valence-electron chi connectivity index (χ4n) is 1.32. The third kappa shape index (κ3) is 2.89. The molecule has 0 saturated heterocycles. The normalized spacial score (nSPS) is 12.9. The molecule has 0 bridgehead atoms. The third-order valence-corrected chi connectivity index (χ3v) is 3.90. The topological polar surface area (TPSA) is 35.2 Å². The number of hydrogen-bond acceptors (Lipinski definition) is 4. The van der Waals surface area contributed by atoms with E-state index < -0.39 is 0 Å². The number of rotatable bonds is 5. The van der Waals surface area contributed by atoms with Gasteiger partial charge >= 0.3 is 0 Å². The minimum Gasteiger partial charge on any atom is -0.366 e. The molecule has 0 aromatic carbocycles. The van der Waals surface area contributed by atoms with Gasteiger partial charge in [-0.25, -0.2) is 0 Å². The fraction of sp³-hybridized carbons (Fsp3) is 0.273. The molecule has 0 aliphatic rings. The molecule has 0 amide bonds. The van der Waals surface area contributed by atoms with E-state index in [2.05, 4.69) is 17.5 Å².